The van der Waals surface area contributed by atoms with Gasteiger partial charge in [-0.05, 0) is 26.0 Å². The number of thioether (sulfide) groups is 1. The van der Waals surface area contributed by atoms with Gasteiger partial charge >= 0.3 is 0 Å². The normalized spacial score (nSPS) is 18.1. The van der Waals surface area contributed by atoms with Crippen LogP contribution in [0.5, 0.6) is 5.75 Å². The Morgan fingerprint density at radius 2 is 2.12 bits per heavy atom. The van der Waals surface area contributed by atoms with Crippen molar-refractivity contribution >= 4 is 17.6 Å². The molecule has 1 N–H and O–H groups in total. The predicted molar refractivity (Wildman–Crippen MR) is 72.2 cm³/mol. The second-order valence-electron chi connectivity index (χ2n) is 3.92. The quantitative estimate of drug-likeness (QED) is 0.662. The Kier molecular flexibility index (Phi) is 3.94. The summed E-state index contributed by atoms with van der Waals surface area (Å²) in [6.07, 6.45) is -0.116. The Bertz CT molecular complexity index is 404. The van der Waals surface area contributed by atoms with Crippen LogP contribution >= 0.6 is 11.8 Å². The van der Waals surface area contributed by atoms with Crippen LogP contribution in [0.2, 0.25) is 0 Å². The molecule has 1 aliphatic rings. The van der Waals surface area contributed by atoms with Crippen molar-refractivity contribution in [2.24, 2.45) is 0 Å². The number of fused-ring (bicyclic) bond motifs is 1. The number of ether oxygens (including phenoxy) is 1. The van der Waals surface area contributed by atoms with Crippen molar-refractivity contribution in [3.63, 3.8) is 0 Å². The summed E-state index contributed by atoms with van der Waals surface area (Å²) in [6, 6.07) is 8.04. The lowest BCUT2D eigenvalue weighted by Crippen LogP contribution is -2.43. The maximum absolute atomic E-state index is 8.17. The van der Waals surface area contributed by atoms with Gasteiger partial charge < -0.3 is 9.64 Å². The minimum absolute atomic E-state index is 0.116. The maximum atomic E-state index is 8.17. The van der Waals surface area contributed by atoms with E-state index in [1.165, 1.54) is 4.90 Å². The minimum atomic E-state index is -0.116. The van der Waals surface area contributed by atoms with Gasteiger partial charge in [0.05, 0.1) is 0 Å². The van der Waals surface area contributed by atoms with Gasteiger partial charge in [0.1, 0.15) is 11.6 Å². The average Bonchev–Trinajstić information content (AvgIpc) is 2.39. The summed E-state index contributed by atoms with van der Waals surface area (Å²) in [6.45, 7) is 5.87. The highest BCUT2D eigenvalue weighted by molar-refractivity contribution is 7.99. The van der Waals surface area contributed by atoms with Crippen LogP contribution in [0, 0.1) is 5.41 Å². The van der Waals surface area contributed by atoms with E-state index < -0.39 is 0 Å². The predicted octanol–water partition coefficient (Wildman–Crippen LogP) is 2.86. The SMILES string of the molecule is CCN(CC)C(=N)C1CSc2ccccc2O1. The molecule has 0 bridgehead atoms. The Balaban J connectivity index is 2.09. The zero-order chi connectivity index (χ0) is 12.3. The molecule has 1 aromatic rings. The lowest BCUT2D eigenvalue weighted by molar-refractivity contribution is 0.254. The van der Waals surface area contributed by atoms with E-state index in [9.17, 15) is 0 Å². The summed E-state index contributed by atoms with van der Waals surface area (Å²) in [5.41, 5.74) is 0. The number of benzene rings is 1. The minimum Gasteiger partial charge on any atom is -0.480 e. The Morgan fingerprint density at radius 1 is 1.41 bits per heavy atom. The smallest absolute Gasteiger partial charge is 0.165 e. The van der Waals surface area contributed by atoms with Crippen LogP contribution in [-0.2, 0) is 0 Å². The van der Waals surface area contributed by atoms with E-state index in [4.69, 9.17) is 10.1 Å². The first-order valence-electron chi connectivity index (χ1n) is 5.98. The summed E-state index contributed by atoms with van der Waals surface area (Å²) >= 11 is 1.77. The lowest BCUT2D eigenvalue weighted by Gasteiger charge is -2.31. The molecule has 0 radical (unpaired) electrons. The zero-order valence-corrected chi connectivity index (χ0v) is 11.1. The number of rotatable bonds is 3. The molecule has 1 aliphatic heterocycles. The Morgan fingerprint density at radius 3 is 2.82 bits per heavy atom. The third-order valence-corrected chi connectivity index (χ3v) is 4.04. The van der Waals surface area contributed by atoms with E-state index in [2.05, 4.69) is 19.9 Å². The summed E-state index contributed by atoms with van der Waals surface area (Å²) in [5.74, 6) is 2.33. The van der Waals surface area contributed by atoms with Crippen LogP contribution in [0.15, 0.2) is 29.2 Å². The lowest BCUT2D eigenvalue weighted by atomic mass is 10.3. The Labute approximate surface area is 107 Å². The Hall–Kier alpha value is -1.16. The molecule has 0 fully saturated rings. The molecule has 4 heteroatoms. The van der Waals surface area contributed by atoms with Crippen molar-refractivity contribution in [1.82, 2.24) is 4.90 Å². The highest BCUT2D eigenvalue weighted by Crippen LogP contribution is 2.35. The van der Waals surface area contributed by atoms with Crippen molar-refractivity contribution in [1.29, 1.82) is 5.41 Å². The molecule has 0 amide bonds. The van der Waals surface area contributed by atoms with Crippen LogP contribution in [0.4, 0.5) is 0 Å². The number of likely N-dealkylation sites (N-methyl/N-ethyl adjacent to an activating group) is 1. The van der Waals surface area contributed by atoms with Crippen LogP contribution < -0.4 is 4.74 Å². The van der Waals surface area contributed by atoms with E-state index in [1.807, 2.05) is 23.1 Å². The molecule has 0 saturated carbocycles. The molecule has 0 spiro atoms. The van der Waals surface area contributed by atoms with Gasteiger partial charge in [-0.1, -0.05) is 12.1 Å². The highest BCUT2D eigenvalue weighted by Gasteiger charge is 2.26. The van der Waals surface area contributed by atoms with Gasteiger partial charge in [-0.25, -0.2) is 0 Å². The maximum Gasteiger partial charge on any atom is 0.165 e. The molecule has 2 rings (SSSR count). The average molecular weight is 250 g/mol. The summed E-state index contributed by atoms with van der Waals surface area (Å²) in [4.78, 5) is 3.22. The number of nitrogens with zero attached hydrogens (tertiary/aromatic N) is 1. The van der Waals surface area contributed by atoms with Crippen LogP contribution in [0.3, 0.4) is 0 Å². The van der Waals surface area contributed by atoms with Gasteiger partial charge in [0.2, 0.25) is 0 Å². The van der Waals surface area contributed by atoms with E-state index >= 15 is 0 Å². The second-order valence-corrected chi connectivity index (χ2v) is 4.98. The molecule has 1 heterocycles. The third-order valence-electron chi connectivity index (χ3n) is 2.92. The molecule has 1 unspecified atom stereocenters. The first kappa shape index (κ1) is 12.3. The van der Waals surface area contributed by atoms with Gasteiger partial charge in [0.15, 0.2) is 6.10 Å². The number of hydrogen-bond donors (Lipinski definition) is 1. The van der Waals surface area contributed by atoms with Crippen LogP contribution in [0.1, 0.15) is 13.8 Å². The molecule has 0 saturated heterocycles. The topological polar surface area (TPSA) is 36.3 Å². The van der Waals surface area contributed by atoms with Crippen LogP contribution in [0.25, 0.3) is 0 Å². The second kappa shape index (κ2) is 5.45. The first-order valence-corrected chi connectivity index (χ1v) is 6.96. The number of nitrogens with one attached hydrogen (secondary N) is 1. The van der Waals surface area contributed by atoms with Crippen molar-refractivity contribution in [2.75, 3.05) is 18.8 Å². The summed E-state index contributed by atoms with van der Waals surface area (Å²) < 4.78 is 5.89. The van der Waals surface area contributed by atoms with Gasteiger partial charge in [0, 0.05) is 23.7 Å². The monoisotopic (exact) mass is 250 g/mol. The van der Waals surface area contributed by atoms with Gasteiger partial charge in [-0.3, -0.25) is 5.41 Å². The van der Waals surface area contributed by atoms with Gasteiger partial charge in [-0.15, -0.1) is 11.8 Å². The summed E-state index contributed by atoms with van der Waals surface area (Å²) in [5, 5.41) is 8.17. The molecule has 3 nitrogen and oxygen atoms in total. The fraction of sp³-hybridized carbons (Fsp3) is 0.462. The van der Waals surface area contributed by atoms with E-state index in [0.29, 0.717) is 5.84 Å². The molecule has 0 aromatic heterocycles. The van der Waals surface area contributed by atoms with E-state index in [0.717, 1.165) is 24.6 Å². The fourth-order valence-corrected chi connectivity index (χ4v) is 2.91. The number of para-hydroxylation sites is 1. The van der Waals surface area contributed by atoms with Crippen molar-refractivity contribution in [2.45, 2.75) is 24.8 Å². The molecule has 0 aliphatic carbocycles. The molecular weight excluding hydrogens is 232 g/mol. The standard InChI is InChI=1S/C13H18N2OS/c1-3-15(4-2)13(14)11-9-17-12-8-6-5-7-10(12)16-11/h5-8,11,14H,3-4,9H2,1-2H3. The molecule has 1 aromatic carbocycles. The van der Waals surface area contributed by atoms with Gasteiger partial charge in [-0.2, -0.15) is 0 Å². The number of hydrogen-bond acceptors (Lipinski definition) is 3. The molecule has 1 atom stereocenters. The zero-order valence-electron chi connectivity index (χ0n) is 10.3. The van der Waals surface area contributed by atoms with E-state index in [-0.39, 0.29) is 6.10 Å². The highest BCUT2D eigenvalue weighted by atomic mass is 32.2. The van der Waals surface area contributed by atoms with Crippen molar-refractivity contribution in [3.8, 4) is 5.75 Å². The van der Waals surface area contributed by atoms with E-state index in [1.54, 1.807) is 11.8 Å². The van der Waals surface area contributed by atoms with Crippen molar-refractivity contribution < 1.29 is 4.74 Å². The fourth-order valence-electron chi connectivity index (χ4n) is 1.92. The van der Waals surface area contributed by atoms with Crippen LogP contribution in [-0.4, -0.2) is 35.7 Å². The summed E-state index contributed by atoms with van der Waals surface area (Å²) in [7, 11) is 0. The van der Waals surface area contributed by atoms with Crippen molar-refractivity contribution in [3.05, 3.63) is 24.3 Å². The molecule has 17 heavy (non-hydrogen) atoms. The first-order chi connectivity index (χ1) is 8.26. The molecular formula is C13H18N2OS. The molecule has 92 valence electrons. The largest absolute Gasteiger partial charge is 0.480 e. The van der Waals surface area contributed by atoms with Gasteiger partial charge in [0.25, 0.3) is 0 Å². The number of amidine groups is 1. The third kappa shape index (κ3) is 2.57.